The molecule has 3 rings (SSSR count). The second-order valence-corrected chi connectivity index (χ2v) is 8.80. The highest BCUT2D eigenvalue weighted by atomic mass is 35.5. The van der Waals surface area contributed by atoms with Gasteiger partial charge in [0.2, 0.25) is 5.88 Å². The summed E-state index contributed by atoms with van der Waals surface area (Å²) in [4.78, 5) is 47.9. The minimum atomic E-state index is -1.03. The molecule has 0 saturated carbocycles. The highest BCUT2D eigenvalue weighted by molar-refractivity contribution is 6.31. The minimum Gasteiger partial charge on any atom is -0.480 e. The third-order valence-electron chi connectivity index (χ3n) is 5.66. The van der Waals surface area contributed by atoms with Crippen molar-refractivity contribution in [2.45, 2.75) is 26.3 Å². The van der Waals surface area contributed by atoms with Crippen molar-refractivity contribution >= 4 is 35.3 Å². The normalized spacial score (nSPS) is 12.4. The van der Waals surface area contributed by atoms with Crippen molar-refractivity contribution < 1.29 is 24.2 Å². The summed E-state index contributed by atoms with van der Waals surface area (Å²) in [6.45, 7) is 3.39. The van der Waals surface area contributed by atoms with Gasteiger partial charge in [0, 0.05) is 34.8 Å². The second-order valence-electron chi connectivity index (χ2n) is 8.36. The molecular weight excluding hydrogens is 486 g/mol. The van der Waals surface area contributed by atoms with Gasteiger partial charge in [0.15, 0.2) is 5.78 Å². The third kappa shape index (κ3) is 6.17. The van der Waals surface area contributed by atoms with Crippen molar-refractivity contribution in [3.63, 3.8) is 0 Å². The van der Waals surface area contributed by atoms with Gasteiger partial charge >= 0.3 is 5.97 Å². The number of nitrogens with zero attached hydrogens (tertiary/aromatic N) is 2. The van der Waals surface area contributed by atoms with Crippen molar-refractivity contribution in [3.8, 4) is 17.0 Å². The van der Waals surface area contributed by atoms with Crippen LogP contribution in [0.4, 0.5) is 5.69 Å². The number of carboxylic acid groups (broad SMARTS) is 1. The molecule has 0 amide bonds. The van der Waals surface area contributed by atoms with E-state index in [1.54, 1.807) is 37.3 Å². The summed E-state index contributed by atoms with van der Waals surface area (Å²) in [5, 5.41) is 17.1. The van der Waals surface area contributed by atoms with E-state index < -0.39 is 17.6 Å². The van der Waals surface area contributed by atoms with Crippen LogP contribution in [0.3, 0.4) is 0 Å². The van der Waals surface area contributed by atoms with Crippen LogP contribution in [0.2, 0.25) is 5.02 Å². The minimum absolute atomic E-state index is 0.119. The fourth-order valence-corrected chi connectivity index (χ4v) is 4.00. The quantitative estimate of drug-likeness (QED) is 0.287. The molecule has 1 heterocycles. The van der Waals surface area contributed by atoms with Crippen LogP contribution in [0, 0.1) is 5.92 Å². The van der Waals surface area contributed by atoms with Crippen molar-refractivity contribution in [2.24, 2.45) is 5.92 Å². The molecule has 0 spiro atoms. The number of ether oxygens (including phenoxy) is 1. The number of carbonyl (C=O) groups excluding carboxylic acids is 2. The summed E-state index contributed by atoms with van der Waals surface area (Å²) >= 11 is 6.16. The number of hydrogen-bond donors (Lipinski definition) is 2. The Kier molecular flexibility index (Phi) is 8.60. The molecule has 2 N–H and O–H groups in total. The van der Waals surface area contributed by atoms with Gasteiger partial charge in [-0.15, -0.1) is 5.10 Å². The van der Waals surface area contributed by atoms with Gasteiger partial charge in [0.05, 0.1) is 24.3 Å². The number of methoxy groups -OCH3 is 1. The average molecular weight is 512 g/mol. The van der Waals surface area contributed by atoms with Crippen LogP contribution in [0.25, 0.3) is 11.1 Å². The lowest BCUT2D eigenvalue weighted by Gasteiger charge is -2.22. The molecule has 2 atom stereocenters. The molecule has 1 aromatic heterocycles. The predicted octanol–water partition coefficient (Wildman–Crippen LogP) is 4.35. The zero-order valence-electron chi connectivity index (χ0n) is 20.0. The molecule has 0 bridgehead atoms. The number of anilines is 1. The van der Waals surface area contributed by atoms with Crippen LogP contribution >= 0.6 is 11.6 Å². The van der Waals surface area contributed by atoms with E-state index in [1.807, 2.05) is 0 Å². The van der Waals surface area contributed by atoms with Crippen LogP contribution in [-0.2, 0) is 4.79 Å². The fourth-order valence-electron chi connectivity index (χ4n) is 3.82. The Hall–Kier alpha value is -3.98. The van der Waals surface area contributed by atoms with Crippen molar-refractivity contribution in [3.05, 3.63) is 75.0 Å². The van der Waals surface area contributed by atoms with Crippen LogP contribution in [0.5, 0.6) is 5.88 Å². The van der Waals surface area contributed by atoms with E-state index in [1.165, 1.54) is 36.9 Å². The van der Waals surface area contributed by atoms with Gasteiger partial charge in [-0.25, -0.2) is 9.48 Å². The first kappa shape index (κ1) is 26.6. The van der Waals surface area contributed by atoms with Crippen molar-refractivity contribution in [1.29, 1.82) is 0 Å². The topological polar surface area (TPSA) is 128 Å². The maximum Gasteiger partial charge on any atom is 0.335 e. The van der Waals surface area contributed by atoms with Crippen LogP contribution < -0.4 is 15.6 Å². The number of ketones is 1. The Morgan fingerprint density at radius 2 is 1.86 bits per heavy atom. The maximum absolute atomic E-state index is 13.2. The Morgan fingerprint density at radius 1 is 1.17 bits per heavy atom. The number of hydrogen-bond acceptors (Lipinski definition) is 7. The first-order valence-electron chi connectivity index (χ1n) is 11.2. The maximum atomic E-state index is 13.2. The van der Waals surface area contributed by atoms with E-state index in [4.69, 9.17) is 21.4 Å². The van der Waals surface area contributed by atoms with E-state index in [0.717, 1.165) is 6.29 Å². The summed E-state index contributed by atoms with van der Waals surface area (Å²) in [7, 11) is 1.41. The monoisotopic (exact) mass is 511 g/mol. The predicted molar refractivity (Wildman–Crippen MR) is 136 cm³/mol. The summed E-state index contributed by atoms with van der Waals surface area (Å²) in [5.74, 6) is -1.48. The van der Waals surface area contributed by atoms with Gasteiger partial charge in [0.25, 0.3) is 5.56 Å². The lowest BCUT2D eigenvalue weighted by Crippen LogP contribution is -2.33. The lowest BCUT2D eigenvalue weighted by molar-refractivity contribution is -0.111. The number of aldehydes is 1. The molecule has 2 unspecified atom stereocenters. The van der Waals surface area contributed by atoms with E-state index in [9.17, 15) is 19.2 Å². The van der Waals surface area contributed by atoms with Gasteiger partial charge in [-0.3, -0.25) is 9.59 Å². The second kappa shape index (κ2) is 11.6. The molecule has 0 aliphatic rings. The molecule has 0 saturated heterocycles. The summed E-state index contributed by atoms with van der Waals surface area (Å²) in [6, 6.07) is 11.7. The molecule has 0 aliphatic carbocycles. The van der Waals surface area contributed by atoms with Gasteiger partial charge in [0.1, 0.15) is 6.29 Å². The van der Waals surface area contributed by atoms with E-state index in [-0.39, 0.29) is 29.7 Å². The molecule has 10 heteroatoms. The standard InChI is InChI=1S/C26H26ClN3O6/c1-15(14-31)10-20(13-28-19-7-4-17(5-8-19)26(34)35)30-24(33)12-23(25(29-30)36-3)22-11-18(27)6-9-21(22)16(2)32/h4-9,11-12,14-15,20,28H,10,13H2,1-3H3,(H,34,35). The SMILES string of the molecule is COc1nn(C(CNc2ccc(C(=O)O)cc2)CC(C)C=O)c(=O)cc1-c1cc(Cl)ccc1C(C)=O. The molecule has 0 fully saturated rings. The molecule has 0 aliphatic heterocycles. The molecule has 36 heavy (non-hydrogen) atoms. The molecule has 188 valence electrons. The Bertz CT molecular complexity index is 1340. The largest absolute Gasteiger partial charge is 0.480 e. The van der Waals surface area contributed by atoms with Crippen molar-refractivity contribution in [1.82, 2.24) is 9.78 Å². The Balaban J connectivity index is 2.01. The molecule has 9 nitrogen and oxygen atoms in total. The molecule has 3 aromatic rings. The molecule has 2 aromatic carbocycles. The number of aromatic carboxylic acids is 1. The number of Topliss-reactive ketones (excluding diaryl/α,β-unsaturated/α-hetero) is 1. The first-order valence-corrected chi connectivity index (χ1v) is 11.5. The van der Waals surface area contributed by atoms with E-state index >= 15 is 0 Å². The smallest absolute Gasteiger partial charge is 0.335 e. The van der Waals surface area contributed by atoms with E-state index in [2.05, 4.69) is 10.4 Å². The van der Waals surface area contributed by atoms with Gasteiger partial charge in [-0.2, -0.15) is 0 Å². The third-order valence-corrected chi connectivity index (χ3v) is 5.90. The van der Waals surface area contributed by atoms with Gasteiger partial charge in [-0.05, 0) is 61.4 Å². The average Bonchev–Trinajstić information content (AvgIpc) is 2.86. The zero-order chi connectivity index (χ0) is 26.4. The van der Waals surface area contributed by atoms with E-state index in [0.29, 0.717) is 33.8 Å². The summed E-state index contributed by atoms with van der Waals surface area (Å²) < 4.78 is 6.73. The summed E-state index contributed by atoms with van der Waals surface area (Å²) in [6.07, 6.45) is 1.12. The Morgan fingerprint density at radius 3 is 2.44 bits per heavy atom. The highest BCUT2D eigenvalue weighted by Gasteiger charge is 2.22. The lowest BCUT2D eigenvalue weighted by atomic mass is 9.98. The van der Waals surface area contributed by atoms with Crippen LogP contribution in [0.15, 0.2) is 53.3 Å². The number of carboxylic acids is 1. The number of halogens is 1. The zero-order valence-corrected chi connectivity index (χ0v) is 20.8. The highest BCUT2D eigenvalue weighted by Crippen LogP contribution is 2.32. The van der Waals surface area contributed by atoms with Crippen LogP contribution in [0.1, 0.15) is 47.0 Å². The molecular formula is C26H26ClN3O6. The Labute approximate surface area is 212 Å². The fraction of sp³-hybridized carbons (Fsp3) is 0.269. The number of rotatable bonds is 11. The van der Waals surface area contributed by atoms with Gasteiger partial charge in [-0.1, -0.05) is 18.5 Å². The first-order chi connectivity index (χ1) is 17.1. The van der Waals surface area contributed by atoms with Crippen molar-refractivity contribution in [2.75, 3.05) is 19.0 Å². The number of aromatic nitrogens is 2. The number of carbonyl (C=O) groups is 3. The number of benzene rings is 2. The number of nitrogens with one attached hydrogen (secondary N) is 1. The van der Waals surface area contributed by atoms with Crippen LogP contribution in [-0.4, -0.2) is 46.6 Å². The summed E-state index contributed by atoms with van der Waals surface area (Å²) in [5.41, 5.74) is 1.46. The molecule has 0 radical (unpaired) electrons. The van der Waals surface area contributed by atoms with Gasteiger partial charge < -0.3 is 20.0 Å².